The average Bonchev–Trinajstić information content (AvgIpc) is 3.15. The largest absolute Gasteiger partial charge is 0.492 e. The number of rotatable bonds is 4. The van der Waals surface area contributed by atoms with Gasteiger partial charge in [0.2, 0.25) is 0 Å². The number of nitrogens with zero attached hydrogens (tertiary/aromatic N) is 4. The Hall–Kier alpha value is -2.66. The molecule has 0 fully saturated rings. The number of ether oxygens (including phenoxy) is 2. The van der Waals surface area contributed by atoms with E-state index in [2.05, 4.69) is 10.2 Å². The fourth-order valence-corrected chi connectivity index (χ4v) is 2.41. The normalized spacial score (nSPS) is 11.5. The van der Waals surface area contributed by atoms with E-state index in [0.29, 0.717) is 12.2 Å². The zero-order chi connectivity index (χ0) is 24.1. The van der Waals surface area contributed by atoms with Crippen molar-refractivity contribution >= 4 is 24.5 Å². The minimum Gasteiger partial charge on any atom is -0.455 e. The number of carbonyl (C=O) groups is 2. The summed E-state index contributed by atoms with van der Waals surface area (Å²) in [7, 11) is 0.0405. The van der Waals surface area contributed by atoms with Crippen LogP contribution in [0, 0.1) is 6.92 Å². The van der Waals surface area contributed by atoms with E-state index >= 15 is 0 Å². The van der Waals surface area contributed by atoms with E-state index < -0.39 is 24.3 Å². The first-order chi connectivity index (χ1) is 14.0. The molecule has 2 aromatic rings. The molecule has 0 aliphatic rings. The standard InChI is InChI=1S/C10H17BN2O4.C10H16N2O2/c1-5-13-6-7(11(15)16)8(12-13)9(14)17-10(2,3)4;1-7-6-12(5)11-8(7)9(13)14-10(2,3)4/h6,15-16H,5H2,1-4H3;6H,1-5H3. The quantitative estimate of drug-likeness (QED) is 0.541. The van der Waals surface area contributed by atoms with Crippen molar-refractivity contribution in [2.45, 2.75) is 73.1 Å². The van der Waals surface area contributed by atoms with Crippen molar-refractivity contribution in [3.8, 4) is 0 Å². The predicted molar refractivity (Wildman–Crippen MR) is 116 cm³/mol. The van der Waals surface area contributed by atoms with Crippen molar-refractivity contribution in [2.24, 2.45) is 7.05 Å². The average molecular weight is 436 g/mol. The van der Waals surface area contributed by atoms with Gasteiger partial charge < -0.3 is 19.5 Å². The summed E-state index contributed by atoms with van der Waals surface area (Å²) in [6, 6.07) is 0. The van der Waals surface area contributed by atoms with E-state index in [0.717, 1.165) is 5.56 Å². The molecule has 0 aromatic carbocycles. The van der Waals surface area contributed by atoms with Crippen LogP contribution in [0.1, 0.15) is 75.0 Å². The number of carbonyl (C=O) groups excluding carboxylic acids is 2. The minimum atomic E-state index is -1.74. The third kappa shape index (κ3) is 8.54. The monoisotopic (exact) mass is 436 g/mol. The predicted octanol–water partition coefficient (Wildman–Crippen LogP) is 1.22. The van der Waals surface area contributed by atoms with Gasteiger partial charge in [-0.25, -0.2) is 9.59 Å². The molecule has 0 spiro atoms. The molecular formula is C20H33BN4O6. The molecule has 0 saturated heterocycles. The van der Waals surface area contributed by atoms with Crippen LogP contribution in [0.4, 0.5) is 0 Å². The van der Waals surface area contributed by atoms with E-state index in [1.54, 1.807) is 38.7 Å². The van der Waals surface area contributed by atoms with Crippen LogP contribution < -0.4 is 5.46 Å². The van der Waals surface area contributed by atoms with Gasteiger partial charge in [0, 0.05) is 37.0 Å². The molecule has 2 heterocycles. The molecule has 0 radical (unpaired) electrons. The van der Waals surface area contributed by atoms with E-state index in [4.69, 9.17) is 19.5 Å². The highest BCUT2D eigenvalue weighted by atomic mass is 16.6. The molecule has 0 aliphatic heterocycles. The highest BCUT2D eigenvalue weighted by Crippen LogP contribution is 2.13. The summed E-state index contributed by atoms with van der Waals surface area (Å²) in [5.41, 5.74) is 0.105. The van der Waals surface area contributed by atoms with Crippen LogP contribution in [0.15, 0.2) is 12.4 Å². The van der Waals surface area contributed by atoms with Crippen LogP contribution in [0.25, 0.3) is 0 Å². The maximum Gasteiger partial charge on any atom is 0.492 e. The van der Waals surface area contributed by atoms with E-state index in [-0.39, 0.29) is 17.1 Å². The lowest BCUT2D eigenvalue weighted by atomic mass is 9.80. The SMILES string of the molecule is CCn1cc(B(O)O)c(C(=O)OC(C)(C)C)n1.Cc1cn(C)nc1C(=O)OC(C)(C)C. The third-order valence-corrected chi connectivity index (χ3v) is 3.59. The van der Waals surface area contributed by atoms with Gasteiger partial charge in [0.05, 0.1) is 0 Å². The first-order valence-electron chi connectivity index (χ1n) is 9.94. The molecule has 31 heavy (non-hydrogen) atoms. The van der Waals surface area contributed by atoms with Gasteiger partial charge in [-0.05, 0) is 55.4 Å². The van der Waals surface area contributed by atoms with Crippen molar-refractivity contribution < 1.29 is 29.1 Å². The van der Waals surface area contributed by atoms with E-state index in [9.17, 15) is 9.59 Å². The van der Waals surface area contributed by atoms with Gasteiger partial charge >= 0.3 is 19.1 Å². The molecule has 10 nitrogen and oxygen atoms in total. The molecule has 0 saturated carbocycles. The Morgan fingerprint density at radius 3 is 1.81 bits per heavy atom. The summed E-state index contributed by atoms with van der Waals surface area (Å²) < 4.78 is 13.4. The van der Waals surface area contributed by atoms with Crippen LogP contribution >= 0.6 is 0 Å². The lowest BCUT2D eigenvalue weighted by Crippen LogP contribution is -2.35. The molecule has 2 aromatic heterocycles. The zero-order valence-corrected chi connectivity index (χ0v) is 19.8. The zero-order valence-electron chi connectivity index (χ0n) is 19.8. The van der Waals surface area contributed by atoms with Crippen molar-refractivity contribution in [3.63, 3.8) is 0 Å². The molecule has 11 heteroatoms. The van der Waals surface area contributed by atoms with Crippen LogP contribution in [0.2, 0.25) is 0 Å². The second-order valence-electron chi connectivity index (χ2n) is 9.00. The summed E-state index contributed by atoms with van der Waals surface area (Å²) in [4.78, 5) is 23.4. The second kappa shape index (κ2) is 10.1. The Labute approximate surface area is 183 Å². The minimum absolute atomic E-state index is 0.0566. The molecule has 0 bridgehead atoms. The van der Waals surface area contributed by atoms with Gasteiger partial charge in [0.25, 0.3) is 0 Å². The van der Waals surface area contributed by atoms with E-state index in [1.165, 1.54) is 10.9 Å². The van der Waals surface area contributed by atoms with Crippen molar-refractivity contribution in [1.29, 1.82) is 0 Å². The molecule has 172 valence electrons. The van der Waals surface area contributed by atoms with Crippen LogP contribution in [0.3, 0.4) is 0 Å². The van der Waals surface area contributed by atoms with Crippen molar-refractivity contribution in [1.82, 2.24) is 19.6 Å². The van der Waals surface area contributed by atoms with Gasteiger partial charge in [-0.1, -0.05) is 0 Å². The fraction of sp³-hybridized carbons (Fsp3) is 0.600. The van der Waals surface area contributed by atoms with Crippen LogP contribution in [-0.4, -0.2) is 59.9 Å². The fourth-order valence-electron chi connectivity index (χ4n) is 2.41. The number of aryl methyl sites for hydroxylation is 3. The highest BCUT2D eigenvalue weighted by Gasteiger charge is 2.28. The molecule has 0 aliphatic carbocycles. The smallest absolute Gasteiger partial charge is 0.455 e. The van der Waals surface area contributed by atoms with Crippen molar-refractivity contribution in [3.05, 3.63) is 29.3 Å². The molecule has 2 N–H and O–H groups in total. The molecular weight excluding hydrogens is 403 g/mol. The van der Waals surface area contributed by atoms with Gasteiger partial charge in [-0.3, -0.25) is 9.36 Å². The van der Waals surface area contributed by atoms with E-state index in [1.807, 2.05) is 34.6 Å². The Bertz CT molecular complexity index is 906. The second-order valence-corrected chi connectivity index (χ2v) is 9.00. The number of esters is 2. The summed E-state index contributed by atoms with van der Waals surface area (Å²) >= 11 is 0. The third-order valence-electron chi connectivity index (χ3n) is 3.59. The number of hydrogen-bond donors (Lipinski definition) is 2. The summed E-state index contributed by atoms with van der Waals surface area (Å²) in [5, 5.41) is 26.3. The van der Waals surface area contributed by atoms with Gasteiger partial charge in [-0.2, -0.15) is 10.2 Å². The van der Waals surface area contributed by atoms with Crippen LogP contribution in [-0.2, 0) is 23.1 Å². The molecule has 2 rings (SSSR count). The Morgan fingerprint density at radius 1 is 0.968 bits per heavy atom. The maximum absolute atomic E-state index is 11.8. The first-order valence-corrected chi connectivity index (χ1v) is 9.94. The maximum atomic E-state index is 11.8. The van der Waals surface area contributed by atoms with Crippen LogP contribution in [0.5, 0.6) is 0 Å². The summed E-state index contributed by atoms with van der Waals surface area (Å²) in [6.07, 6.45) is 3.21. The number of aromatic nitrogens is 4. The lowest BCUT2D eigenvalue weighted by molar-refractivity contribution is 0.00498. The Balaban J connectivity index is 0.000000316. The number of hydrogen-bond acceptors (Lipinski definition) is 8. The lowest BCUT2D eigenvalue weighted by Gasteiger charge is -2.18. The topological polar surface area (TPSA) is 129 Å². The molecule has 0 amide bonds. The summed E-state index contributed by atoms with van der Waals surface area (Å²) in [5.74, 6) is -1.02. The van der Waals surface area contributed by atoms with Gasteiger partial charge in [0.1, 0.15) is 11.2 Å². The Morgan fingerprint density at radius 2 is 1.45 bits per heavy atom. The Kier molecular flexibility index (Phi) is 8.60. The van der Waals surface area contributed by atoms with Gasteiger partial charge in [-0.15, -0.1) is 0 Å². The van der Waals surface area contributed by atoms with Gasteiger partial charge in [0.15, 0.2) is 11.4 Å². The molecule has 0 unspecified atom stereocenters. The van der Waals surface area contributed by atoms with Crippen molar-refractivity contribution in [2.75, 3.05) is 0 Å². The molecule has 0 atom stereocenters. The summed E-state index contributed by atoms with van der Waals surface area (Å²) in [6.45, 7) is 14.9. The first kappa shape index (κ1) is 26.4. The highest BCUT2D eigenvalue weighted by molar-refractivity contribution is 6.60.